The standard InChI is InChI=1S/C15H20N2O/c1-2-12-11-17-6-5-13(12)8-14(17)9-16-10-15-4-3-7-18-15/h1,3-4,7,12-14,16H,5-6,8-11H2. The summed E-state index contributed by atoms with van der Waals surface area (Å²) in [5.74, 6) is 5.20. The van der Waals surface area contributed by atoms with E-state index in [2.05, 4.69) is 16.1 Å². The smallest absolute Gasteiger partial charge is 0.117 e. The molecule has 0 aromatic carbocycles. The van der Waals surface area contributed by atoms with Crippen LogP contribution in [0.5, 0.6) is 0 Å². The number of piperidine rings is 3. The van der Waals surface area contributed by atoms with Crippen molar-refractivity contribution in [1.29, 1.82) is 0 Å². The summed E-state index contributed by atoms with van der Waals surface area (Å²) in [7, 11) is 0. The van der Waals surface area contributed by atoms with Crippen molar-refractivity contribution in [3.63, 3.8) is 0 Å². The summed E-state index contributed by atoms with van der Waals surface area (Å²) < 4.78 is 5.32. The van der Waals surface area contributed by atoms with Crippen LogP contribution in [0.25, 0.3) is 0 Å². The average molecular weight is 244 g/mol. The molecule has 3 fully saturated rings. The Morgan fingerprint density at radius 3 is 3.17 bits per heavy atom. The second-order valence-electron chi connectivity index (χ2n) is 5.42. The van der Waals surface area contributed by atoms with Gasteiger partial charge in [0.15, 0.2) is 0 Å². The van der Waals surface area contributed by atoms with Gasteiger partial charge >= 0.3 is 0 Å². The maximum absolute atomic E-state index is 5.59. The van der Waals surface area contributed by atoms with Gasteiger partial charge in [-0.15, -0.1) is 12.3 Å². The van der Waals surface area contributed by atoms with Crippen LogP contribution in [0.15, 0.2) is 22.8 Å². The SMILES string of the molecule is C#CC1CN2CCC1CC2CNCc1ccco1. The molecule has 18 heavy (non-hydrogen) atoms. The third-order valence-corrected chi connectivity index (χ3v) is 4.35. The number of nitrogens with zero attached hydrogens (tertiary/aromatic N) is 1. The number of fused-ring (bicyclic) bond motifs is 3. The van der Waals surface area contributed by atoms with E-state index in [4.69, 9.17) is 10.8 Å². The van der Waals surface area contributed by atoms with E-state index in [-0.39, 0.29) is 0 Å². The minimum Gasteiger partial charge on any atom is -0.468 e. The molecule has 0 radical (unpaired) electrons. The van der Waals surface area contributed by atoms with Crippen molar-refractivity contribution in [3.8, 4) is 12.3 Å². The van der Waals surface area contributed by atoms with Crippen LogP contribution in [-0.4, -0.2) is 30.6 Å². The van der Waals surface area contributed by atoms with Crippen molar-refractivity contribution < 1.29 is 4.42 Å². The molecule has 1 aromatic rings. The summed E-state index contributed by atoms with van der Waals surface area (Å²) in [6.07, 6.45) is 9.85. The highest BCUT2D eigenvalue weighted by atomic mass is 16.3. The molecule has 3 aliphatic heterocycles. The van der Waals surface area contributed by atoms with Crippen molar-refractivity contribution in [2.24, 2.45) is 11.8 Å². The molecule has 4 unspecified atom stereocenters. The molecule has 3 saturated heterocycles. The number of terminal acetylenes is 1. The van der Waals surface area contributed by atoms with Crippen molar-refractivity contribution >= 4 is 0 Å². The molecule has 0 amide bonds. The highest BCUT2D eigenvalue weighted by Crippen LogP contribution is 2.35. The Kier molecular flexibility index (Phi) is 3.40. The number of rotatable bonds is 4. The van der Waals surface area contributed by atoms with Gasteiger partial charge in [-0.2, -0.15) is 0 Å². The molecule has 96 valence electrons. The Balaban J connectivity index is 1.49. The zero-order valence-corrected chi connectivity index (χ0v) is 10.6. The van der Waals surface area contributed by atoms with Gasteiger partial charge in [0.25, 0.3) is 0 Å². The predicted octanol–water partition coefficient (Wildman–Crippen LogP) is 1.71. The average Bonchev–Trinajstić information content (AvgIpc) is 2.92. The van der Waals surface area contributed by atoms with Gasteiger partial charge in [0.1, 0.15) is 5.76 Å². The number of hydrogen-bond donors (Lipinski definition) is 1. The number of nitrogens with one attached hydrogen (secondary N) is 1. The van der Waals surface area contributed by atoms with Gasteiger partial charge in [0.05, 0.1) is 12.8 Å². The lowest BCUT2D eigenvalue weighted by Gasteiger charge is -2.48. The molecule has 3 heteroatoms. The summed E-state index contributed by atoms with van der Waals surface area (Å²) in [6.45, 7) is 4.17. The third-order valence-electron chi connectivity index (χ3n) is 4.35. The molecular weight excluding hydrogens is 224 g/mol. The van der Waals surface area contributed by atoms with E-state index in [1.54, 1.807) is 6.26 Å². The topological polar surface area (TPSA) is 28.4 Å². The highest BCUT2D eigenvalue weighted by molar-refractivity contribution is 5.05. The first kappa shape index (κ1) is 11.8. The summed E-state index contributed by atoms with van der Waals surface area (Å²) in [5, 5.41) is 3.49. The number of hydrogen-bond acceptors (Lipinski definition) is 3. The fourth-order valence-electron chi connectivity index (χ4n) is 3.31. The second-order valence-corrected chi connectivity index (χ2v) is 5.42. The van der Waals surface area contributed by atoms with E-state index >= 15 is 0 Å². The van der Waals surface area contributed by atoms with Gasteiger partial charge in [-0.25, -0.2) is 0 Å². The van der Waals surface area contributed by atoms with Gasteiger partial charge in [0, 0.05) is 25.0 Å². The lowest BCUT2D eigenvalue weighted by molar-refractivity contribution is 0.0226. The van der Waals surface area contributed by atoms with Crippen LogP contribution in [0.2, 0.25) is 0 Å². The monoisotopic (exact) mass is 244 g/mol. The Hall–Kier alpha value is -1.24. The van der Waals surface area contributed by atoms with E-state index in [1.807, 2.05) is 12.1 Å². The van der Waals surface area contributed by atoms with Crippen LogP contribution in [-0.2, 0) is 6.54 Å². The van der Waals surface area contributed by atoms with Crippen LogP contribution >= 0.6 is 0 Å². The maximum atomic E-state index is 5.59. The quantitative estimate of drug-likeness (QED) is 0.817. The Labute approximate surface area is 109 Å². The van der Waals surface area contributed by atoms with Gasteiger partial charge in [-0.3, -0.25) is 4.90 Å². The van der Waals surface area contributed by atoms with Crippen LogP contribution < -0.4 is 5.32 Å². The van der Waals surface area contributed by atoms with Crippen LogP contribution in [0.3, 0.4) is 0 Å². The largest absolute Gasteiger partial charge is 0.468 e. The molecule has 1 aromatic heterocycles. The van der Waals surface area contributed by atoms with Gasteiger partial charge in [-0.1, -0.05) is 0 Å². The maximum Gasteiger partial charge on any atom is 0.117 e. The fourth-order valence-corrected chi connectivity index (χ4v) is 3.31. The zero-order chi connectivity index (χ0) is 12.4. The predicted molar refractivity (Wildman–Crippen MR) is 70.8 cm³/mol. The highest BCUT2D eigenvalue weighted by Gasteiger charge is 2.38. The second kappa shape index (κ2) is 5.17. The Morgan fingerprint density at radius 2 is 2.50 bits per heavy atom. The van der Waals surface area contributed by atoms with Gasteiger partial charge in [0.2, 0.25) is 0 Å². The Bertz CT molecular complexity index is 420. The van der Waals surface area contributed by atoms with E-state index in [1.165, 1.54) is 19.4 Å². The molecule has 4 atom stereocenters. The van der Waals surface area contributed by atoms with Crippen LogP contribution in [0, 0.1) is 24.2 Å². The number of furan rings is 1. The first-order chi connectivity index (χ1) is 8.86. The van der Waals surface area contributed by atoms with E-state index in [9.17, 15) is 0 Å². The first-order valence-electron chi connectivity index (χ1n) is 6.80. The summed E-state index contributed by atoms with van der Waals surface area (Å²) in [4.78, 5) is 2.56. The molecule has 1 N–H and O–H groups in total. The van der Waals surface area contributed by atoms with Crippen LogP contribution in [0.4, 0.5) is 0 Å². The van der Waals surface area contributed by atoms with E-state index < -0.39 is 0 Å². The molecule has 4 rings (SSSR count). The van der Waals surface area contributed by atoms with Crippen molar-refractivity contribution in [2.75, 3.05) is 19.6 Å². The molecule has 4 heterocycles. The summed E-state index contributed by atoms with van der Waals surface area (Å²) in [6, 6.07) is 4.60. The zero-order valence-electron chi connectivity index (χ0n) is 10.6. The van der Waals surface area contributed by atoms with Crippen molar-refractivity contribution in [2.45, 2.75) is 25.4 Å². The summed E-state index contributed by atoms with van der Waals surface area (Å²) in [5.41, 5.74) is 0. The van der Waals surface area contributed by atoms with Gasteiger partial charge < -0.3 is 9.73 Å². The minimum absolute atomic E-state index is 0.486. The van der Waals surface area contributed by atoms with Crippen LogP contribution in [0.1, 0.15) is 18.6 Å². The van der Waals surface area contributed by atoms with Gasteiger partial charge in [-0.05, 0) is 37.4 Å². The molecule has 0 saturated carbocycles. The van der Waals surface area contributed by atoms with Crippen molar-refractivity contribution in [3.05, 3.63) is 24.2 Å². The lowest BCUT2D eigenvalue weighted by Crippen LogP contribution is -2.55. The normalized spacial score (nSPS) is 34.4. The molecule has 2 bridgehead atoms. The summed E-state index contributed by atoms with van der Waals surface area (Å²) >= 11 is 0. The lowest BCUT2D eigenvalue weighted by atomic mass is 9.76. The molecule has 0 spiro atoms. The van der Waals surface area contributed by atoms with E-state index in [0.717, 1.165) is 31.3 Å². The first-order valence-corrected chi connectivity index (χ1v) is 6.80. The fraction of sp³-hybridized carbons (Fsp3) is 0.600. The Morgan fingerprint density at radius 1 is 1.56 bits per heavy atom. The third kappa shape index (κ3) is 2.31. The molecule has 0 aliphatic carbocycles. The molecule has 3 aliphatic rings. The van der Waals surface area contributed by atoms with Crippen molar-refractivity contribution in [1.82, 2.24) is 10.2 Å². The molecular formula is C15H20N2O. The van der Waals surface area contributed by atoms with E-state index in [0.29, 0.717) is 12.0 Å². The molecule has 3 nitrogen and oxygen atoms in total. The minimum atomic E-state index is 0.486.